The molecule has 12 heavy (non-hydrogen) atoms. The van der Waals surface area contributed by atoms with Gasteiger partial charge in [0.25, 0.3) is 0 Å². The fourth-order valence-corrected chi connectivity index (χ4v) is 2.37. The predicted molar refractivity (Wildman–Crippen MR) is 53.4 cm³/mol. The molecule has 1 aromatic carbocycles. The number of nitrogen functional groups attached to an aromatic ring is 1. The number of fused-ring (bicyclic) bond motifs is 1. The van der Waals surface area contributed by atoms with E-state index in [4.69, 9.17) is 5.73 Å². The first kappa shape index (κ1) is 7.89. The number of halogens is 1. The van der Waals surface area contributed by atoms with E-state index in [1.165, 1.54) is 17.4 Å². The van der Waals surface area contributed by atoms with Gasteiger partial charge in [0.1, 0.15) is 5.82 Å². The third-order valence-corrected chi connectivity index (χ3v) is 3.10. The van der Waals surface area contributed by atoms with Crippen LogP contribution in [0.25, 0.3) is 10.1 Å². The van der Waals surface area contributed by atoms with Crippen molar-refractivity contribution in [2.24, 2.45) is 0 Å². The number of anilines is 1. The summed E-state index contributed by atoms with van der Waals surface area (Å²) in [5.74, 6) is -0.323. The molecule has 0 spiro atoms. The van der Waals surface area contributed by atoms with Gasteiger partial charge in [0.15, 0.2) is 0 Å². The molecule has 1 nitrogen and oxygen atoms in total. The first-order valence-electron chi connectivity index (χ1n) is 3.34. The Kier molecular flexibility index (Phi) is 1.73. The molecule has 0 aliphatic carbocycles. The van der Waals surface area contributed by atoms with Crippen molar-refractivity contribution in [3.63, 3.8) is 0 Å². The van der Waals surface area contributed by atoms with Crippen molar-refractivity contribution in [2.75, 3.05) is 5.73 Å². The number of hydrogen-bond donors (Lipinski definition) is 2. The SMILES string of the molecule is Nc1csc2ccc(F)c(S)c12. The first-order valence-corrected chi connectivity index (χ1v) is 4.67. The maximum Gasteiger partial charge on any atom is 0.137 e. The monoisotopic (exact) mass is 199 g/mol. The van der Waals surface area contributed by atoms with Crippen LogP contribution in [0.1, 0.15) is 0 Å². The van der Waals surface area contributed by atoms with Gasteiger partial charge in [0.2, 0.25) is 0 Å². The molecule has 0 saturated carbocycles. The topological polar surface area (TPSA) is 26.0 Å². The second-order valence-corrected chi connectivity index (χ2v) is 3.82. The van der Waals surface area contributed by atoms with Crippen LogP contribution in [0, 0.1) is 5.82 Å². The molecule has 0 fully saturated rings. The molecular weight excluding hydrogens is 193 g/mol. The van der Waals surface area contributed by atoms with Crippen molar-refractivity contribution in [3.8, 4) is 0 Å². The Morgan fingerprint density at radius 1 is 1.42 bits per heavy atom. The zero-order valence-corrected chi connectivity index (χ0v) is 7.75. The molecule has 0 aliphatic rings. The van der Waals surface area contributed by atoms with E-state index in [2.05, 4.69) is 12.6 Å². The zero-order chi connectivity index (χ0) is 8.72. The average molecular weight is 199 g/mol. The summed E-state index contributed by atoms with van der Waals surface area (Å²) in [6, 6.07) is 3.12. The van der Waals surface area contributed by atoms with E-state index < -0.39 is 0 Å². The van der Waals surface area contributed by atoms with Gasteiger partial charge in [-0.05, 0) is 12.1 Å². The Labute approximate surface area is 78.4 Å². The summed E-state index contributed by atoms with van der Waals surface area (Å²) < 4.78 is 14.0. The quantitative estimate of drug-likeness (QED) is 0.627. The molecule has 0 radical (unpaired) electrons. The van der Waals surface area contributed by atoms with E-state index in [1.54, 1.807) is 11.4 Å². The molecule has 1 aromatic heterocycles. The lowest BCUT2D eigenvalue weighted by Gasteiger charge is -1.97. The van der Waals surface area contributed by atoms with Crippen LogP contribution in [-0.2, 0) is 0 Å². The highest BCUT2D eigenvalue weighted by Gasteiger charge is 2.07. The van der Waals surface area contributed by atoms with E-state index >= 15 is 0 Å². The Balaban J connectivity index is 2.96. The van der Waals surface area contributed by atoms with Gasteiger partial charge >= 0.3 is 0 Å². The van der Waals surface area contributed by atoms with Crippen molar-refractivity contribution < 1.29 is 4.39 Å². The molecule has 2 rings (SSSR count). The van der Waals surface area contributed by atoms with Crippen LogP contribution >= 0.6 is 24.0 Å². The third-order valence-electron chi connectivity index (χ3n) is 1.69. The van der Waals surface area contributed by atoms with Crippen molar-refractivity contribution in [3.05, 3.63) is 23.3 Å². The third kappa shape index (κ3) is 0.990. The first-order chi connectivity index (χ1) is 5.70. The average Bonchev–Trinajstić information content (AvgIpc) is 2.41. The Hall–Kier alpha value is -0.740. The number of thiol groups is 1. The van der Waals surface area contributed by atoms with Crippen molar-refractivity contribution in [1.82, 2.24) is 0 Å². The van der Waals surface area contributed by atoms with E-state index in [9.17, 15) is 4.39 Å². The molecule has 0 saturated heterocycles. The smallest absolute Gasteiger partial charge is 0.137 e. The van der Waals surface area contributed by atoms with E-state index in [0.29, 0.717) is 10.6 Å². The zero-order valence-electron chi connectivity index (χ0n) is 6.04. The minimum Gasteiger partial charge on any atom is -0.398 e. The highest BCUT2D eigenvalue weighted by molar-refractivity contribution is 7.80. The second kappa shape index (κ2) is 2.64. The summed E-state index contributed by atoms with van der Waals surface area (Å²) in [6.45, 7) is 0. The number of benzene rings is 1. The van der Waals surface area contributed by atoms with Crippen LogP contribution in [0.4, 0.5) is 10.1 Å². The van der Waals surface area contributed by atoms with Gasteiger partial charge in [-0.15, -0.1) is 24.0 Å². The van der Waals surface area contributed by atoms with Crippen LogP contribution in [0.3, 0.4) is 0 Å². The standard InChI is InChI=1S/C8H6FNS2/c9-4-1-2-6-7(8(4)11)5(10)3-12-6/h1-3,11H,10H2. The number of thiophene rings is 1. The summed E-state index contributed by atoms with van der Waals surface area (Å²) in [5, 5.41) is 2.52. The summed E-state index contributed by atoms with van der Waals surface area (Å²) in [5.41, 5.74) is 6.24. The Morgan fingerprint density at radius 3 is 2.92 bits per heavy atom. The summed E-state index contributed by atoms with van der Waals surface area (Å²) in [7, 11) is 0. The minimum atomic E-state index is -0.323. The molecule has 0 bridgehead atoms. The van der Waals surface area contributed by atoms with Gasteiger partial charge in [0.05, 0.1) is 10.6 Å². The molecule has 0 unspecified atom stereocenters. The van der Waals surface area contributed by atoms with Crippen molar-refractivity contribution in [1.29, 1.82) is 0 Å². The predicted octanol–water partition coefficient (Wildman–Crippen LogP) is 2.91. The van der Waals surface area contributed by atoms with Crippen LogP contribution < -0.4 is 5.73 Å². The molecule has 4 heteroatoms. The van der Waals surface area contributed by atoms with Crippen LogP contribution in [0.5, 0.6) is 0 Å². The van der Waals surface area contributed by atoms with Crippen LogP contribution in [0.2, 0.25) is 0 Å². The lowest BCUT2D eigenvalue weighted by molar-refractivity contribution is 0.606. The van der Waals surface area contributed by atoms with Gasteiger partial charge in [0, 0.05) is 15.5 Å². The van der Waals surface area contributed by atoms with Crippen molar-refractivity contribution >= 4 is 39.7 Å². The highest BCUT2D eigenvalue weighted by atomic mass is 32.1. The summed E-state index contributed by atoms with van der Waals surface area (Å²) in [4.78, 5) is 0.339. The van der Waals surface area contributed by atoms with Gasteiger partial charge < -0.3 is 5.73 Å². The molecule has 0 atom stereocenters. The lowest BCUT2D eigenvalue weighted by atomic mass is 10.2. The summed E-state index contributed by atoms with van der Waals surface area (Å²) >= 11 is 5.55. The molecule has 0 amide bonds. The van der Waals surface area contributed by atoms with Crippen LogP contribution in [-0.4, -0.2) is 0 Å². The highest BCUT2D eigenvalue weighted by Crippen LogP contribution is 2.34. The Morgan fingerprint density at radius 2 is 2.17 bits per heavy atom. The molecule has 1 heterocycles. The van der Waals surface area contributed by atoms with Gasteiger partial charge in [-0.2, -0.15) is 0 Å². The largest absolute Gasteiger partial charge is 0.398 e. The van der Waals surface area contributed by atoms with E-state index in [1.807, 2.05) is 0 Å². The molecule has 2 N–H and O–H groups in total. The summed E-state index contributed by atoms with van der Waals surface area (Å²) in [6.07, 6.45) is 0. The Bertz CT molecular complexity index is 436. The van der Waals surface area contributed by atoms with Crippen LogP contribution in [0.15, 0.2) is 22.4 Å². The minimum absolute atomic E-state index is 0.323. The molecule has 62 valence electrons. The fraction of sp³-hybridized carbons (Fsp3) is 0. The second-order valence-electron chi connectivity index (χ2n) is 2.46. The lowest BCUT2D eigenvalue weighted by Crippen LogP contribution is -1.84. The maximum atomic E-state index is 13.0. The van der Waals surface area contributed by atoms with Gasteiger partial charge in [-0.25, -0.2) is 4.39 Å². The van der Waals surface area contributed by atoms with Gasteiger partial charge in [-0.1, -0.05) is 0 Å². The maximum absolute atomic E-state index is 13.0. The molecule has 2 aromatic rings. The number of nitrogens with two attached hydrogens (primary N) is 1. The van der Waals surface area contributed by atoms with Gasteiger partial charge in [-0.3, -0.25) is 0 Å². The normalized spacial score (nSPS) is 10.8. The number of hydrogen-bond acceptors (Lipinski definition) is 3. The van der Waals surface area contributed by atoms with E-state index in [0.717, 1.165) is 10.1 Å². The van der Waals surface area contributed by atoms with E-state index in [-0.39, 0.29) is 5.82 Å². The van der Waals surface area contributed by atoms with Crippen molar-refractivity contribution in [2.45, 2.75) is 4.90 Å². The molecular formula is C8H6FNS2. The fourth-order valence-electron chi connectivity index (χ4n) is 1.11. The molecule has 0 aliphatic heterocycles. The number of rotatable bonds is 0.